The average molecular weight is 235 g/mol. The van der Waals surface area contributed by atoms with E-state index in [4.69, 9.17) is 9.68 Å². The van der Waals surface area contributed by atoms with Crippen molar-refractivity contribution in [2.24, 2.45) is 0 Å². The van der Waals surface area contributed by atoms with Crippen molar-refractivity contribution in [2.45, 2.75) is 13.1 Å². The molecule has 1 unspecified atom stereocenters. The summed E-state index contributed by atoms with van der Waals surface area (Å²) in [6, 6.07) is 5.24. The molecule has 1 atom stereocenters. The monoisotopic (exact) mass is 235 g/mol. The maximum atomic E-state index is 11.8. The van der Waals surface area contributed by atoms with Gasteiger partial charge in [-0.1, -0.05) is 12.8 Å². The number of nitrogens with zero attached hydrogens (tertiary/aromatic N) is 2. The highest BCUT2D eigenvalue weighted by Crippen LogP contribution is 2.24. The first-order valence-corrected chi connectivity index (χ1v) is 5.02. The molecular formula is C10H9N3O2S. The maximum absolute atomic E-state index is 11.8. The second-order valence-electron chi connectivity index (χ2n) is 3.31. The number of thiol groups is 1. The van der Waals surface area contributed by atoms with E-state index in [9.17, 15) is 4.79 Å². The molecule has 1 amide bonds. The van der Waals surface area contributed by atoms with Crippen molar-refractivity contribution in [2.75, 3.05) is 0 Å². The quantitative estimate of drug-likeness (QED) is 0.716. The average Bonchev–Trinajstić information content (AvgIpc) is 2.79. The lowest BCUT2D eigenvalue weighted by molar-refractivity contribution is -0.123. The Labute approximate surface area is 97.9 Å². The maximum Gasteiger partial charge on any atom is 0.278 e. The lowest BCUT2D eigenvalue weighted by Gasteiger charge is -2.30. The standard InChI is InChI=1S/C10H9N3O2S/c1-6-12-9(8-3-2-4-15-8)7(5-11)10(14)13(6)16/h2-4,6,12,16H,1H3. The Bertz CT molecular complexity index is 487. The summed E-state index contributed by atoms with van der Waals surface area (Å²) in [6.07, 6.45) is 1.19. The van der Waals surface area contributed by atoms with Gasteiger partial charge in [0.15, 0.2) is 5.76 Å². The zero-order valence-electron chi connectivity index (χ0n) is 8.47. The minimum absolute atomic E-state index is 0.00282. The number of hydrogen-bond acceptors (Lipinski definition) is 5. The number of nitrogens with one attached hydrogen (secondary N) is 1. The van der Waals surface area contributed by atoms with Crippen LogP contribution in [0, 0.1) is 11.3 Å². The number of nitriles is 1. The summed E-state index contributed by atoms with van der Waals surface area (Å²) in [5, 5.41) is 12.0. The summed E-state index contributed by atoms with van der Waals surface area (Å²) < 4.78 is 6.34. The molecule has 0 spiro atoms. The van der Waals surface area contributed by atoms with Crippen LogP contribution in [0.15, 0.2) is 28.4 Å². The van der Waals surface area contributed by atoms with Crippen LogP contribution in [0.4, 0.5) is 0 Å². The van der Waals surface area contributed by atoms with Crippen molar-refractivity contribution >= 4 is 24.4 Å². The minimum atomic E-state index is -0.427. The molecule has 0 bridgehead atoms. The van der Waals surface area contributed by atoms with Crippen LogP contribution >= 0.6 is 12.8 Å². The van der Waals surface area contributed by atoms with Gasteiger partial charge in [0.1, 0.15) is 23.5 Å². The topological polar surface area (TPSA) is 69.3 Å². The Morgan fingerprint density at radius 3 is 3.00 bits per heavy atom. The summed E-state index contributed by atoms with van der Waals surface area (Å²) in [4.78, 5) is 11.8. The van der Waals surface area contributed by atoms with Gasteiger partial charge in [0.25, 0.3) is 5.91 Å². The van der Waals surface area contributed by atoms with Crippen LogP contribution in [-0.2, 0) is 4.79 Å². The normalized spacial score (nSPS) is 20.7. The van der Waals surface area contributed by atoms with Gasteiger partial charge in [-0.25, -0.2) is 0 Å². The number of rotatable bonds is 1. The molecule has 1 aromatic heterocycles. The fourth-order valence-electron chi connectivity index (χ4n) is 1.46. The van der Waals surface area contributed by atoms with E-state index >= 15 is 0 Å². The Morgan fingerprint density at radius 2 is 2.44 bits per heavy atom. The Balaban J connectivity index is 2.53. The van der Waals surface area contributed by atoms with Crippen molar-refractivity contribution in [3.8, 4) is 6.07 Å². The van der Waals surface area contributed by atoms with Crippen molar-refractivity contribution < 1.29 is 9.21 Å². The van der Waals surface area contributed by atoms with E-state index in [2.05, 4.69) is 18.1 Å². The largest absolute Gasteiger partial charge is 0.463 e. The Kier molecular flexibility index (Phi) is 2.62. The van der Waals surface area contributed by atoms with Crippen LogP contribution in [-0.4, -0.2) is 16.4 Å². The van der Waals surface area contributed by atoms with Gasteiger partial charge in [-0.15, -0.1) is 0 Å². The molecule has 2 rings (SSSR count). The first-order chi connectivity index (χ1) is 7.65. The first kappa shape index (κ1) is 10.6. The lowest BCUT2D eigenvalue weighted by Crippen LogP contribution is -2.46. The highest BCUT2D eigenvalue weighted by molar-refractivity contribution is 7.78. The van der Waals surface area contributed by atoms with Gasteiger partial charge in [-0.05, 0) is 19.1 Å². The number of hydrogen-bond donors (Lipinski definition) is 2. The van der Waals surface area contributed by atoms with Crippen LogP contribution in [0.5, 0.6) is 0 Å². The van der Waals surface area contributed by atoms with Gasteiger partial charge in [0, 0.05) is 0 Å². The van der Waals surface area contributed by atoms with Crippen molar-refractivity contribution in [1.82, 2.24) is 9.62 Å². The molecule has 16 heavy (non-hydrogen) atoms. The van der Waals surface area contributed by atoms with Crippen LogP contribution in [0.1, 0.15) is 12.7 Å². The van der Waals surface area contributed by atoms with E-state index in [1.54, 1.807) is 19.1 Å². The lowest BCUT2D eigenvalue weighted by atomic mass is 10.1. The van der Waals surface area contributed by atoms with Crippen molar-refractivity contribution in [3.63, 3.8) is 0 Å². The summed E-state index contributed by atoms with van der Waals surface area (Å²) in [5.74, 6) is 0.0432. The summed E-state index contributed by atoms with van der Waals surface area (Å²) >= 11 is 4.01. The number of carbonyl (C=O) groups is 1. The fraction of sp³-hybridized carbons (Fsp3) is 0.200. The van der Waals surface area contributed by atoms with Crippen LogP contribution < -0.4 is 5.32 Å². The Hall–Kier alpha value is -1.87. The Morgan fingerprint density at radius 1 is 1.69 bits per heavy atom. The first-order valence-electron chi connectivity index (χ1n) is 4.62. The van der Waals surface area contributed by atoms with Gasteiger partial charge in [0.2, 0.25) is 0 Å². The smallest absolute Gasteiger partial charge is 0.278 e. The molecule has 0 radical (unpaired) electrons. The van der Waals surface area contributed by atoms with E-state index in [1.165, 1.54) is 10.6 Å². The van der Waals surface area contributed by atoms with Crippen LogP contribution in [0.25, 0.3) is 5.70 Å². The van der Waals surface area contributed by atoms with E-state index in [0.29, 0.717) is 11.5 Å². The molecule has 0 aliphatic carbocycles. The minimum Gasteiger partial charge on any atom is -0.463 e. The molecule has 1 aliphatic rings. The third-order valence-electron chi connectivity index (χ3n) is 2.27. The van der Waals surface area contributed by atoms with Crippen LogP contribution in [0.2, 0.25) is 0 Å². The van der Waals surface area contributed by atoms with E-state index in [0.717, 1.165) is 0 Å². The zero-order valence-corrected chi connectivity index (χ0v) is 9.36. The second-order valence-corrected chi connectivity index (χ2v) is 3.74. The fourth-order valence-corrected chi connectivity index (χ4v) is 1.62. The number of amides is 1. The molecule has 2 heterocycles. The molecule has 0 fully saturated rings. The molecule has 0 saturated heterocycles. The van der Waals surface area contributed by atoms with E-state index < -0.39 is 5.91 Å². The van der Waals surface area contributed by atoms with Gasteiger partial charge < -0.3 is 9.73 Å². The van der Waals surface area contributed by atoms with E-state index in [-0.39, 0.29) is 11.7 Å². The third kappa shape index (κ3) is 1.55. The van der Waals surface area contributed by atoms with Crippen molar-refractivity contribution in [1.29, 1.82) is 5.26 Å². The molecule has 82 valence electrons. The molecule has 5 nitrogen and oxygen atoms in total. The molecule has 1 aromatic rings. The second kappa shape index (κ2) is 3.94. The molecule has 0 saturated carbocycles. The zero-order chi connectivity index (χ0) is 11.7. The number of carbonyl (C=O) groups excluding carboxylic acids is 1. The summed E-state index contributed by atoms with van der Waals surface area (Å²) in [7, 11) is 0. The highest BCUT2D eigenvalue weighted by atomic mass is 32.1. The predicted molar refractivity (Wildman–Crippen MR) is 59.7 cm³/mol. The van der Waals surface area contributed by atoms with E-state index in [1.807, 2.05) is 6.07 Å². The summed E-state index contributed by atoms with van der Waals surface area (Å²) in [6.45, 7) is 1.77. The molecule has 6 heteroatoms. The summed E-state index contributed by atoms with van der Waals surface area (Å²) in [5.41, 5.74) is 0.415. The SMILES string of the molecule is CC1NC(c2ccco2)=C(C#N)C(=O)N1S. The number of furan rings is 1. The highest BCUT2D eigenvalue weighted by Gasteiger charge is 2.31. The van der Waals surface area contributed by atoms with Crippen LogP contribution in [0.3, 0.4) is 0 Å². The molecule has 1 N–H and O–H groups in total. The van der Waals surface area contributed by atoms with Gasteiger partial charge >= 0.3 is 0 Å². The predicted octanol–water partition coefficient (Wildman–Crippen LogP) is 1.14. The van der Waals surface area contributed by atoms with Gasteiger partial charge in [-0.2, -0.15) is 5.26 Å². The molecule has 0 aromatic carbocycles. The van der Waals surface area contributed by atoms with Gasteiger partial charge in [0.05, 0.1) is 6.26 Å². The van der Waals surface area contributed by atoms with Gasteiger partial charge in [-0.3, -0.25) is 9.10 Å². The molecule has 1 aliphatic heterocycles. The van der Waals surface area contributed by atoms with Crippen molar-refractivity contribution in [3.05, 3.63) is 29.7 Å². The molecular weight excluding hydrogens is 226 g/mol. The third-order valence-corrected chi connectivity index (χ3v) is 2.80.